The van der Waals surface area contributed by atoms with E-state index in [4.69, 9.17) is 0 Å². The molecule has 3 rings (SSSR count). The van der Waals surface area contributed by atoms with Crippen molar-refractivity contribution in [1.29, 1.82) is 0 Å². The van der Waals surface area contributed by atoms with Crippen LogP contribution in [0.25, 0.3) is 22.9 Å². The quantitative estimate of drug-likeness (QED) is 0.491. The highest BCUT2D eigenvalue weighted by atomic mass is 16.1. The van der Waals surface area contributed by atoms with E-state index in [-0.39, 0.29) is 11.5 Å². The molecule has 0 aliphatic carbocycles. The summed E-state index contributed by atoms with van der Waals surface area (Å²) in [5, 5.41) is 10.6. The predicted molar refractivity (Wildman–Crippen MR) is 113 cm³/mol. The molecule has 0 saturated heterocycles. The average molecular weight is 376 g/mol. The summed E-state index contributed by atoms with van der Waals surface area (Å²) in [4.78, 5) is 25.9. The first-order valence-electron chi connectivity index (χ1n) is 9.21. The van der Waals surface area contributed by atoms with Crippen molar-refractivity contribution in [3.8, 4) is 0 Å². The van der Waals surface area contributed by atoms with E-state index in [9.17, 15) is 9.59 Å². The van der Waals surface area contributed by atoms with Gasteiger partial charge in [-0.1, -0.05) is 30.4 Å². The molecule has 0 bridgehead atoms. The molecule has 144 valence electrons. The lowest BCUT2D eigenvalue weighted by Crippen LogP contribution is -2.27. The standard InChI is InChI=1S/C22H24N4O2/c1-26(2)13-3-12-23-21(27)18-9-6-16(7-10-18)4-5-17-8-11-20-19(14-17)15-24-25-22(20)28/h4-11,14-15H,3,12-13H2,1-2H3,(H,23,27)(H,25,28). The normalized spacial score (nSPS) is 11.4. The van der Waals surface area contributed by atoms with Crippen molar-refractivity contribution in [3.05, 3.63) is 75.7 Å². The zero-order valence-electron chi connectivity index (χ0n) is 16.1. The maximum atomic E-state index is 12.2. The van der Waals surface area contributed by atoms with Gasteiger partial charge in [-0.05, 0) is 62.5 Å². The summed E-state index contributed by atoms with van der Waals surface area (Å²) in [5.74, 6) is -0.0541. The number of carbonyl (C=O) groups excluding carboxylic acids is 1. The van der Waals surface area contributed by atoms with Crippen LogP contribution in [0.2, 0.25) is 0 Å². The fraction of sp³-hybridized carbons (Fsp3) is 0.227. The Morgan fingerprint density at radius 3 is 2.57 bits per heavy atom. The third-order valence-corrected chi connectivity index (χ3v) is 4.40. The van der Waals surface area contributed by atoms with Gasteiger partial charge in [0.15, 0.2) is 0 Å². The molecule has 2 N–H and O–H groups in total. The number of aromatic nitrogens is 2. The maximum absolute atomic E-state index is 12.2. The zero-order chi connectivity index (χ0) is 19.9. The SMILES string of the molecule is CN(C)CCCNC(=O)c1ccc(C=Cc2ccc3c(=O)[nH]ncc3c2)cc1. The first-order valence-corrected chi connectivity index (χ1v) is 9.21. The van der Waals surface area contributed by atoms with Crippen LogP contribution in [0.4, 0.5) is 0 Å². The molecule has 0 atom stereocenters. The van der Waals surface area contributed by atoms with Crippen LogP contribution in [0.15, 0.2) is 53.5 Å². The molecule has 0 spiro atoms. The molecule has 0 unspecified atom stereocenters. The zero-order valence-corrected chi connectivity index (χ0v) is 16.1. The van der Waals surface area contributed by atoms with Crippen LogP contribution < -0.4 is 10.9 Å². The second kappa shape index (κ2) is 9.10. The highest BCUT2D eigenvalue weighted by Gasteiger charge is 2.04. The van der Waals surface area contributed by atoms with Crippen molar-refractivity contribution in [1.82, 2.24) is 20.4 Å². The minimum atomic E-state index is -0.191. The largest absolute Gasteiger partial charge is 0.352 e. The number of hydrogen-bond donors (Lipinski definition) is 2. The first kappa shape index (κ1) is 19.5. The topological polar surface area (TPSA) is 78.1 Å². The van der Waals surface area contributed by atoms with Crippen LogP contribution >= 0.6 is 0 Å². The van der Waals surface area contributed by atoms with Gasteiger partial charge in [0, 0.05) is 17.5 Å². The molecule has 6 heteroatoms. The van der Waals surface area contributed by atoms with E-state index in [0.717, 1.165) is 29.5 Å². The van der Waals surface area contributed by atoms with E-state index in [2.05, 4.69) is 20.4 Å². The number of aromatic amines is 1. The van der Waals surface area contributed by atoms with Gasteiger partial charge in [0.05, 0.1) is 11.6 Å². The third kappa shape index (κ3) is 5.14. The fourth-order valence-electron chi connectivity index (χ4n) is 2.86. The van der Waals surface area contributed by atoms with Crippen molar-refractivity contribution in [2.75, 3.05) is 27.2 Å². The number of amides is 1. The van der Waals surface area contributed by atoms with Crippen LogP contribution in [0, 0.1) is 0 Å². The number of rotatable bonds is 7. The Morgan fingerprint density at radius 2 is 1.82 bits per heavy atom. The Balaban J connectivity index is 1.62. The Bertz CT molecular complexity index is 1040. The van der Waals surface area contributed by atoms with Gasteiger partial charge in [-0.15, -0.1) is 0 Å². The minimum absolute atomic E-state index is 0.0541. The molecule has 0 fully saturated rings. The number of nitrogens with one attached hydrogen (secondary N) is 2. The van der Waals surface area contributed by atoms with Gasteiger partial charge in [-0.2, -0.15) is 5.10 Å². The van der Waals surface area contributed by atoms with Crippen LogP contribution in [-0.4, -0.2) is 48.2 Å². The number of hydrogen-bond acceptors (Lipinski definition) is 4. The van der Waals surface area contributed by atoms with Crippen LogP contribution in [0.3, 0.4) is 0 Å². The number of H-pyrrole nitrogens is 1. The highest BCUT2D eigenvalue weighted by Crippen LogP contribution is 2.14. The molecule has 0 aliphatic heterocycles. The molecule has 0 radical (unpaired) electrons. The molecule has 1 amide bonds. The molecule has 28 heavy (non-hydrogen) atoms. The Morgan fingerprint density at radius 1 is 1.11 bits per heavy atom. The molecular weight excluding hydrogens is 352 g/mol. The van der Waals surface area contributed by atoms with Gasteiger partial charge in [-0.3, -0.25) is 9.59 Å². The summed E-state index contributed by atoms with van der Waals surface area (Å²) in [6.07, 6.45) is 6.50. The van der Waals surface area contributed by atoms with Gasteiger partial charge in [0.1, 0.15) is 0 Å². The summed E-state index contributed by atoms with van der Waals surface area (Å²) in [7, 11) is 4.03. The fourth-order valence-corrected chi connectivity index (χ4v) is 2.86. The Labute approximate surface area is 163 Å². The van der Waals surface area contributed by atoms with Crippen molar-refractivity contribution in [2.45, 2.75) is 6.42 Å². The lowest BCUT2D eigenvalue weighted by Gasteiger charge is -2.10. The van der Waals surface area contributed by atoms with Gasteiger partial charge in [0.25, 0.3) is 11.5 Å². The molecule has 6 nitrogen and oxygen atoms in total. The molecule has 2 aromatic carbocycles. The third-order valence-electron chi connectivity index (χ3n) is 4.40. The van der Waals surface area contributed by atoms with E-state index >= 15 is 0 Å². The predicted octanol–water partition coefficient (Wildman–Crippen LogP) is 2.78. The summed E-state index contributed by atoms with van der Waals surface area (Å²) < 4.78 is 0. The molecule has 0 aliphatic rings. The number of nitrogens with zero attached hydrogens (tertiary/aromatic N) is 2. The Hall–Kier alpha value is -3.25. The molecule has 1 aromatic heterocycles. The molecule has 3 aromatic rings. The average Bonchev–Trinajstić information content (AvgIpc) is 2.70. The lowest BCUT2D eigenvalue weighted by molar-refractivity contribution is 0.0952. The number of benzene rings is 2. The Kier molecular flexibility index (Phi) is 6.34. The van der Waals surface area contributed by atoms with E-state index in [1.54, 1.807) is 12.3 Å². The van der Waals surface area contributed by atoms with Crippen LogP contribution in [-0.2, 0) is 0 Å². The molecule has 1 heterocycles. The van der Waals surface area contributed by atoms with Crippen LogP contribution in [0.5, 0.6) is 0 Å². The van der Waals surface area contributed by atoms with Crippen molar-refractivity contribution in [3.63, 3.8) is 0 Å². The van der Waals surface area contributed by atoms with Crippen molar-refractivity contribution < 1.29 is 4.79 Å². The monoisotopic (exact) mass is 376 g/mol. The second-order valence-corrected chi connectivity index (χ2v) is 6.91. The summed E-state index contributed by atoms with van der Waals surface area (Å²) in [5.41, 5.74) is 2.43. The lowest BCUT2D eigenvalue weighted by atomic mass is 10.1. The first-order chi connectivity index (χ1) is 13.5. The highest BCUT2D eigenvalue weighted by molar-refractivity contribution is 5.94. The summed E-state index contributed by atoms with van der Waals surface area (Å²) >= 11 is 0. The van der Waals surface area contributed by atoms with Gasteiger partial charge >= 0.3 is 0 Å². The van der Waals surface area contributed by atoms with E-state index in [0.29, 0.717) is 17.5 Å². The maximum Gasteiger partial charge on any atom is 0.272 e. The second-order valence-electron chi connectivity index (χ2n) is 6.91. The summed E-state index contributed by atoms with van der Waals surface area (Å²) in [6.45, 7) is 1.61. The van der Waals surface area contributed by atoms with Crippen LogP contribution in [0.1, 0.15) is 27.9 Å². The van der Waals surface area contributed by atoms with Crippen molar-refractivity contribution >= 4 is 28.8 Å². The van der Waals surface area contributed by atoms with E-state index in [1.807, 2.05) is 62.6 Å². The molecule has 0 saturated carbocycles. The van der Waals surface area contributed by atoms with E-state index in [1.165, 1.54) is 0 Å². The minimum Gasteiger partial charge on any atom is -0.352 e. The number of carbonyl (C=O) groups is 1. The summed E-state index contributed by atoms with van der Waals surface area (Å²) in [6, 6.07) is 13.1. The van der Waals surface area contributed by atoms with Gasteiger partial charge in [-0.25, -0.2) is 5.10 Å². The van der Waals surface area contributed by atoms with Gasteiger partial charge < -0.3 is 10.2 Å². The van der Waals surface area contributed by atoms with Gasteiger partial charge in [0.2, 0.25) is 0 Å². The number of fused-ring (bicyclic) bond motifs is 1. The molecular formula is C22H24N4O2. The van der Waals surface area contributed by atoms with E-state index < -0.39 is 0 Å². The smallest absolute Gasteiger partial charge is 0.272 e. The van der Waals surface area contributed by atoms with Crippen molar-refractivity contribution in [2.24, 2.45) is 0 Å².